The molecule has 0 saturated heterocycles. The lowest BCUT2D eigenvalue weighted by molar-refractivity contribution is -0.156. The van der Waals surface area contributed by atoms with Gasteiger partial charge in [0.1, 0.15) is 12.7 Å². The molecule has 6 nitrogen and oxygen atoms in total. The van der Waals surface area contributed by atoms with Gasteiger partial charge in [0.15, 0.2) is 0 Å². The predicted octanol–water partition coefficient (Wildman–Crippen LogP) is 1.60. The fraction of sp³-hybridized carbons (Fsp3) is 0.769. The summed E-state index contributed by atoms with van der Waals surface area (Å²) in [4.78, 5) is 32.7. The number of esters is 3. The Morgan fingerprint density at radius 1 is 1.00 bits per heavy atom. The van der Waals surface area contributed by atoms with Gasteiger partial charge in [-0.15, -0.1) is 0 Å². The molecule has 0 aliphatic rings. The Kier molecular flexibility index (Phi) is 9.48. The molecule has 0 bridgehead atoms. The molecule has 0 aromatic carbocycles. The Hall–Kier alpha value is -1.59. The maximum Gasteiger partial charge on any atom is 0.305 e. The third-order valence-electron chi connectivity index (χ3n) is 2.27. The molecule has 1 atom stereocenters. The van der Waals surface area contributed by atoms with Crippen LogP contribution in [0.2, 0.25) is 0 Å². The zero-order chi connectivity index (χ0) is 14.7. The summed E-state index contributed by atoms with van der Waals surface area (Å²) in [5.74, 6) is -1.06. The van der Waals surface area contributed by atoms with E-state index in [4.69, 9.17) is 14.2 Å². The van der Waals surface area contributed by atoms with Crippen LogP contribution in [0.1, 0.15) is 46.5 Å². The minimum Gasteiger partial charge on any atom is -0.466 e. The maximum atomic E-state index is 11.1. The number of hydrogen-bond acceptors (Lipinski definition) is 6. The van der Waals surface area contributed by atoms with E-state index in [1.807, 2.05) is 0 Å². The third-order valence-corrected chi connectivity index (χ3v) is 2.27. The van der Waals surface area contributed by atoms with E-state index < -0.39 is 18.0 Å². The monoisotopic (exact) mass is 274 g/mol. The van der Waals surface area contributed by atoms with Crippen LogP contribution in [-0.4, -0.2) is 37.2 Å². The van der Waals surface area contributed by atoms with Crippen molar-refractivity contribution in [1.29, 1.82) is 0 Å². The number of unbranched alkanes of at least 4 members (excludes halogenated alkanes) is 1. The summed E-state index contributed by atoms with van der Waals surface area (Å²) in [6.45, 7) is 4.79. The van der Waals surface area contributed by atoms with Gasteiger partial charge in [-0.3, -0.25) is 14.4 Å². The number of carbonyl (C=O) groups excluding carboxylic acids is 3. The summed E-state index contributed by atoms with van der Waals surface area (Å²) >= 11 is 0. The van der Waals surface area contributed by atoms with E-state index in [-0.39, 0.29) is 12.6 Å². The van der Waals surface area contributed by atoms with Crippen LogP contribution in [-0.2, 0) is 28.6 Å². The standard InChI is InChI=1S/C13H22O6/c1-4-17-13(16)8-6-5-7-12(19-11(3)15)9-18-10(2)14/h12H,4-9H2,1-3H3. The van der Waals surface area contributed by atoms with Gasteiger partial charge in [0.2, 0.25) is 0 Å². The van der Waals surface area contributed by atoms with Crippen molar-refractivity contribution in [2.75, 3.05) is 13.2 Å². The van der Waals surface area contributed by atoms with Gasteiger partial charge in [0, 0.05) is 20.3 Å². The molecular weight excluding hydrogens is 252 g/mol. The molecule has 0 spiro atoms. The molecule has 6 heteroatoms. The molecule has 19 heavy (non-hydrogen) atoms. The van der Waals surface area contributed by atoms with Crippen molar-refractivity contribution in [2.45, 2.75) is 52.6 Å². The van der Waals surface area contributed by atoms with Crippen LogP contribution in [0.3, 0.4) is 0 Å². The molecule has 0 aliphatic carbocycles. The minimum atomic E-state index is -0.455. The zero-order valence-electron chi connectivity index (χ0n) is 11.8. The van der Waals surface area contributed by atoms with Gasteiger partial charge in [0.25, 0.3) is 0 Å². The van der Waals surface area contributed by atoms with Crippen LogP contribution >= 0.6 is 0 Å². The first-order valence-electron chi connectivity index (χ1n) is 6.41. The highest BCUT2D eigenvalue weighted by Gasteiger charge is 2.14. The van der Waals surface area contributed by atoms with Crippen LogP contribution in [0.15, 0.2) is 0 Å². The van der Waals surface area contributed by atoms with Crippen molar-refractivity contribution in [3.8, 4) is 0 Å². The second-order valence-corrected chi connectivity index (χ2v) is 4.08. The molecule has 0 aromatic heterocycles. The lowest BCUT2D eigenvalue weighted by Crippen LogP contribution is -2.23. The Labute approximate surface area is 113 Å². The summed E-state index contributed by atoms with van der Waals surface area (Å²) in [7, 11) is 0. The smallest absolute Gasteiger partial charge is 0.305 e. The molecule has 110 valence electrons. The third kappa shape index (κ3) is 11.2. The molecule has 0 radical (unpaired) electrons. The first-order valence-corrected chi connectivity index (χ1v) is 6.41. The molecule has 0 aliphatic heterocycles. The van der Waals surface area contributed by atoms with E-state index in [2.05, 4.69) is 0 Å². The first kappa shape index (κ1) is 17.4. The average Bonchev–Trinajstić information content (AvgIpc) is 2.31. The van der Waals surface area contributed by atoms with Crippen molar-refractivity contribution in [2.24, 2.45) is 0 Å². The van der Waals surface area contributed by atoms with Gasteiger partial charge >= 0.3 is 17.9 Å². The van der Waals surface area contributed by atoms with Crippen LogP contribution in [0.5, 0.6) is 0 Å². The minimum absolute atomic E-state index is 0.0499. The van der Waals surface area contributed by atoms with Gasteiger partial charge in [-0.25, -0.2) is 0 Å². The van der Waals surface area contributed by atoms with Crippen LogP contribution in [0.25, 0.3) is 0 Å². The van der Waals surface area contributed by atoms with Gasteiger partial charge < -0.3 is 14.2 Å². The quantitative estimate of drug-likeness (QED) is 0.361. The number of carbonyl (C=O) groups is 3. The molecule has 0 aromatic rings. The second kappa shape index (κ2) is 10.3. The molecule has 0 saturated carbocycles. The molecule has 0 heterocycles. The van der Waals surface area contributed by atoms with E-state index in [1.54, 1.807) is 6.92 Å². The normalized spacial score (nSPS) is 11.5. The SMILES string of the molecule is CCOC(=O)CCCCC(COC(C)=O)OC(C)=O. The average molecular weight is 274 g/mol. The Bertz CT molecular complexity index is 300. The number of ether oxygens (including phenoxy) is 3. The Morgan fingerprint density at radius 3 is 2.21 bits per heavy atom. The van der Waals surface area contributed by atoms with Crippen molar-refractivity contribution >= 4 is 17.9 Å². The van der Waals surface area contributed by atoms with Gasteiger partial charge in [-0.2, -0.15) is 0 Å². The molecular formula is C13H22O6. The molecule has 0 amide bonds. The molecule has 1 unspecified atom stereocenters. The maximum absolute atomic E-state index is 11.1. The van der Waals surface area contributed by atoms with Crippen LogP contribution in [0.4, 0.5) is 0 Å². The summed E-state index contributed by atoms with van der Waals surface area (Å²) in [6, 6.07) is 0. The largest absolute Gasteiger partial charge is 0.466 e. The zero-order valence-corrected chi connectivity index (χ0v) is 11.8. The summed E-state index contributed by atoms with van der Waals surface area (Å²) in [5.41, 5.74) is 0. The van der Waals surface area contributed by atoms with E-state index in [0.29, 0.717) is 32.3 Å². The fourth-order valence-corrected chi connectivity index (χ4v) is 1.50. The highest BCUT2D eigenvalue weighted by molar-refractivity contribution is 5.69. The van der Waals surface area contributed by atoms with Crippen LogP contribution < -0.4 is 0 Å². The fourth-order valence-electron chi connectivity index (χ4n) is 1.50. The molecule has 0 fully saturated rings. The van der Waals surface area contributed by atoms with E-state index in [1.165, 1.54) is 13.8 Å². The second-order valence-electron chi connectivity index (χ2n) is 4.08. The van der Waals surface area contributed by atoms with Gasteiger partial charge in [-0.1, -0.05) is 0 Å². The van der Waals surface area contributed by atoms with E-state index >= 15 is 0 Å². The first-order chi connectivity index (χ1) is 8.95. The molecule has 0 N–H and O–H groups in total. The van der Waals surface area contributed by atoms with Crippen molar-refractivity contribution in [3.63, 3.8) is 0 Å². The Balaban J connectivity index is 3.87. The highest BCUT2D eigenvalue weighted by Crippen LogP contribution is 2.09. The Morgan fingerprint density at radius 2 is 1.68 bits per heavy atom. The lowest BCUT2D eigenvalue weighted by atomic mass is 10.1. The lowest BCUT2D eigenvalue weighted by Gasteiger charge is -2.16. The summed E-state index contributed by atoms with van der Waals surface area (Å²) < 4.78 is 14.6. The van der Waals surface area contributed by atoms with Crippen molar-refractivity contribution in [1.82, 2.24) is 0 Å². The van der Waals surface area contributed by atoms with Gasteiger partial charge in [-0.05, 0) is 26.2 Å². The number of rotatable bonds is 9. The number of hydrogen-bond donors (Lipinski definition) is 0. The van der Waals surface area contributed by atoms with Crippen molar-refractivity contribution < 1.29 is 28.6 Å². The topological polar surface area (TPSA) is 78.9 Å². The van der Waals surface area contributed by atoms with E-state index in [9.17, 15) is 14.4 Å². The highest BCUT2D eigenvalue weighted by atomic mass is 16.6. The van der Waals surface area contributed by atoms with E-state index in [0.717, 1.165) is 0 Å². The van der Waals surface area contributed by atoms with Gasteiger partial charge in [0.05, 0.1) is 6.61 Å². The predicted molar refractivity (Wildman–Crippen MR) is 67.3 cm³/mol. The van der Waals surface area contributed by atoms with Crippen molar-refractivity contribution in [3.05, 3.63) is 0 Å². The summed E-state index contributed by atoms with van der Waals surface area (Å²) in [5, 5.41) is 0. The summed E-state index contributed by atoms with van der Waals surface area (Å²) in [6.07, 6.45) is 1.78. The molecule has 0 rings (SSSR count). The van der Waals surface area contributed by atoms with Crippen LogP contribution in [0, 0.1) is 0 Å².